The summed E-state index contributed by atoms with van der Waals surface area (Å²) in [4.78, 5) is 13.9. The summed E-state index contributed by atoms with van der Waals surface area (Å²) in [7, 11) is 2.17. The summed E-state index contributed by atoms with van der Waals surface area (Å²) >= 11 is 0. The fraction of sp³-hybridized carbons (Fsp3) is 0.273. The normalized spacial score (nSPS) is 14.9. The van der Waals surface area contributed by atoms with Gasteiger partial charge in [0.25, 0.3) is 0 Å². The summed E-state index contributed by atoms with van der Waals surface area (Å²) < 4.78 is 1.64. The highest BCUT2D eigenvalue weighted by atomic mass is 15.4. The van der Waals surface area contributed by atoms with Crippen LogP contribution in [-0.2, 0) is 0 Å². The van der Waals surface area contributed by atoms with E-state index in [1.54, 1.807) is 17.0 Å². The van der Waals surface area contributed by atoms with E-state index in [0.29, 0.717) is 5.95 Å². The number of benzene rings is 1. The summed E-state index contributed by atoms with van der Waals surface area (Å²) in [6.45, 7) is 6.28. The molecule has 1 aromatic carbocycles. The first kappa shape index (κ1) is 18.5. The maximum atomic E-state index is 4.72. The Morgan fingerprint density at radius 3 is 2.53 bits per heavy atom. The average molecular weight is 400 g/mol. The van der Waals surface area contributed by atoms with Crippen molar-refractivity contribution in [3.05, 3.63) is 60.6 Å². The number of aryl methyl sites for hydroxylation is 1. The number of nitrogens with zero attached hydrogens (tertiary/aromatic N) is 7. The first-order valence-electron chi connectivity index (χ1n) is 10.1. The molecule has 0 radical (unpaired) electrons. The molecule has 1 aliphatic heterocycles. The molecule has 4 heterocycles. The van der Waals surface area contributed by atoms with Gasteiger partial charge in [-0.15, -0.1) is 0 Å². The molecule has 152 valence electrons. The van der Waals surface area contributed by atoms with Crippen LogP contribution in [0.4, 0.5) is 17.3 Å². The Kier molecular flexibility index (Phi) is 4.76. The minimum Gasteiger partial charge on any atom is -0.369 e. The Morgan fingerprint density at radius 2 is 1.73 bits per heavy atom. The zero-order chi connectivity index (χ0) is 20.5. The number of nitrogens with one attached hydrogen (secondary N) is 1. The summed E-state index contributed by atoms with van der Waals surface area (Å²) in [6.07, 6.45) is 3.49. The van der Waals surface area contributed by atoms with Crippen LogP contribution >= 0.6 is 0 Å². The number of hydrogen-bond acceptors (Lipinski definition) is 7. The number of rotatable bonds is 4. The van der Waals surface area contributed by atoms with Crippen LogP contribution in [0.5, 0.6) is 0 Å². The van der Waals surface area contributed by atoms with Gasteiger partial charge in [0.1, 0.15) is 0 Å². The number of likely N-dealkylation sites (N-methyl/N-ethyl adjacent to an activating group) is 1. The van der Waals surface area contributed by atoms with Crippen molar-refractivity contribution in [3.8, 4) is 11.3 Å². The van der Waals surface area contributed by atoms with Gasteiger partial charge < -0.3 is 15.1 Å². The molecule has 0 aliphatic carbocycles. The van der Waals surface area contributed by atoms with Crippen molar-refractivity contribution in [2.45, 2.75) is 6.92 Å². The van der Waals surface area contributed by atoms with Gasteiger partial charge in [0.2, 0.25) is 5.95 Å². The lowest BCUT2D eigenvalue weighted by Gasteiger charge is -2.34. The molecule has 0 unspecified atom stereocenters. The monoisotopic (exact) mass is 400 g/mol. The van der Waals surface area contributed by atoms with Gasteiger partial charge in [-0.05, 0) is 56.4 Å². The quantitative estimate of drug-likeness (QED) is 0.564. The van der Waals surface area contributed by atoms with Crippen LogP contribution in [0.1, 0.15) is 5.69 Å². The van der Waals surface area contributed by atoms with Gasteiger partial charge in [-0.1, -0.05) is 0 Å². The van der Waals surface area contributed by atoms with Gasteiger partial charge in [0.05, 0.1) is 22.5 Å². The van der Waals surface area contributed by atoms with Crippen molar-refractivity contribution >= 4 is 22.8 Å². The van der Waals surface area contributed by atoms with E-state index in [9.17, 15) is 0 Å². The lowest BCUT2D eigenvalue weighted by atomic mass is 10.1. The molecule has 0 saturated carbocycles. The van der Waals surface area contributed by atoms with Crippen molar-refractivity contribution in [3.63, 3.8) is 0 Å². The van der Waals surface area contributed by atoms with Crippen molar-refractivity contribution in [2.75, 3.05) is 43.4 Å². The second kappa shape index (κ2) is 7.72. The SMILES string of the molecule is Cc1nn2ncccc2c1-c1ccnc(Nc2ccc(N3CCN(C)CC3)cc2)n1. The molecule has 1 saturated heterocycles. The van der Waals surface area contributed by atoms with Gasteiger partial charge in [0, 0.05) is 49.9 Å². The van der Waals surface area contributed by atoms with E-state index in [0.717, 1.165) is 54.3 Å². The fourth-order valence-electron chi connectivity index (χ4n) is 3.83. The highest BCUT2D eigenvalue weighted by molar-refractivity contribution is 5.80. The first-order chi connectivity index (χ1) is 14.7. The molecule has 0 atom stereocenters. The minimum absolute atomic E-state index is 0.558. The fourth-order valence-corrected chi connectivity index (χ4v) is 3.83. The Balaban J connectivity index is 1.37. The molecule has 8 heteroatoms. The molecule has 4 aromatic rings. The molecule has 0 bridgehead atoms. The predicted molar refractivity (Wildman–Crippen MR) is 118 cm³/mol. The van der Waals surface area contributed by atoms with Crippen LogP contribution < -0.4 is 10.2 Å². The third kappa shape index (κ3) is 3.57. The van der Waals surface area contributed by atoms with E-state index >= 15 is 0 Å². The topological polar surface area (TPSA) is 74.5 Å². The Morgan fingerprint density at radius 1 is 0.933 bits per heavy atom. The summed E-state index contributed by atoms with van der Waals surface area (Å²) in [6, 6.07) is 14.3. The molecule has 3 aromatic heterocycles. The highest BCUT2D eigenvalue weighted by Gasteiger charge is 2.15. The highest BCUT2D eigenvalue weighted by Crippen LogP contribution is 2.27. The van der Waals surface area contributed by atoms with Gasteiger partial charge in [-0.2, -0.15) is 14.8 Å². The number of anilines is 3. The van der Waals surface area contributed by atoms with Gasteiger partial charge in [0.15, 0.2) is 0 Å². The largest absolute Gasteiger partial charge is 0.369 e. The van der Waals surface area contributed by atoms with E-state index in [4.69, 9.17) is 4.98 Å². The standard InChI is InChI=1S/C22H24N8/c1-16-21(20-4-3-10-24-30(20)27-16)19-9-11-23-22(26-19)25-17-5-7-18(8-6-17)29-14-12-28(2)13-15-29/h3-11H,12-15H2,1-2H3,(H,23,25,26). The van der Waals surface area contributed by atoms with Gasteiger partial charge in [-0.3, -0.25) is 0 Å². The number of fused-ring (bicyclic) bond motifs is 1. The Labute approximate surface area is 175 Å². The first-order valence-corrected chi connectivity index (χ1v) is 10.1. The predicted octanol–water partition coefficient (Wildman–Crippen LogP) is 2.99. The second-order valence-corrected chi connectivity index (χ2v) is 7.59. The van der Waals surface area contributed by atoms with Crippen LogP contribution in [0.3, 0.4) is 0 Å². The van der Waals surface area contributed by atoms with Gasteiger partial charge >= 0.3 is 0 Å². The molecule has 5 rings (SSSR count). The summed E-state index contributed by atoms with van der Waals surface area (Å²) in [5.74, 6) is 0.558. The number of piperazine rings is 1. The molecular weight excluding hydrogens is 376 g/mol. The summed E-state index contributed by atoms with van der Waals surface area (Å²) in [5.41, 5.74) is 5.81. The third-order valence-electron chi connectivity index (χ3n) is 5.50. The van der Waals surface area contributed by atoms with Crippen molar-refractivity contribution in [1.82, 2.24) is 29.7 Å². The van der Waals surface area contributed by atoms with Gasteiger partial charge in [-0.25, -0.2) is 9.97 Å². The number of hydrogen-bond donors (Lipinski definition) is 1. The molecule has 8 nitrogen and oxygen atoms in total. The smallest absolute Gasteiger partial charge is 0.227 e. The van der Waals surface area contributed by atoms with E-state index < -0.39 is 0 Å². The molecule has 1 fully saturated rings. The minimum atomic E-state index is 0.558. The Hall–Kier alpha value is -3.52. The molecule has 1 aliphatic rings. The van der Waals surface area contributed by atoms with E-state index in [-0.39, 0.29) is 0 Å². The maximum Gasteiger partial charge on any atom is 0.227 e. The van der Waals surface area contributed by atoms with Crippen LogP contribution in [0, 0.1) is 6.92 Å². The van der Waals surface area contributed by atoms with E-state index in [2.05, 4.69) is 61.6 Å². The van der Waals surface area contributed by atoms with Crippen LogP contribution in [0.2, 0.25) is 0 Å². The van der Waals surface area contributed by atoms with Crippen molar-refractivity contribution < 1.29 is 0 Å². The molecular formula is C22H24N8. The Bertz CT molecular complexity index is 1160. The zero-order valence-electron chi connectivity index (χ0n) is 17.2. The molecule has 1 N–H and O–H groups in total. The molecule has 30 heavy (non-hydrogen) atoms. The van der Waals surface area contributed by atoms with Crippen LogP contribution in [0.25, 0.3) is 16.8 Å². The number of aromatic nitrogens is 5. The van der Waals surface area contributed by atoms with Crippen molar-refractivity contribution in [1.29, 1.82) is 0 Å². The van der Waals surface area contributed by atoms with Crippen LogP contribution in [-0.4, -0.2) is 62.9 Å². The average Bonchev–Trinajstić information content (AvgIpc) is 3.11. The molecule has 0 spiro atoms. The van der Waals surface area contributed by atoms with E-state index in [1.165, 1.54) is 5.69 Å². The van der Waals surface area contributed by atoms with Crippen molar-refractivity contribution in [2.24, 2.45) is 0 Å². The maximum absolute atomic E-state index is 4.72. The molecule has 0 amide bonds. The van der Waals surface area contributed by atoms with E-state index in [1.807, 2.05) is 25.1 Å². The lowest BCUT2D eigenvalue weighted by Crippen LogP contribution is -2.44. The lowest BCUT2D eigenvalue weighted by molar-refractivity contribution is 0.313. The second-order valence-electron chi connectivity index (χ2n) is 7.59. The third-order valence-corrected chi connectivity index (χ3v) is 5.50. The van der Waals surface area contributed by atoms with Crippen LogP contribution in [0.15, 0.2) is 54.9 Å². The summed E-state index contributed by atoms with van der Waals surface area (Å²) in [5, 5.41) is 12.1. The zero-order valence-corrected chi connectivity index (χ0v) is 17.2.